The van der Waals surface area contributed by atoms with E-state index in [-0.39, 0.29) is 6.61 Å². The quantitative estimate of drug-likeness (QED) is 0.846. The summed E-state index contributed by atoms with van der Waals surface area (Å²) in [6.45, 7) is 4.52. The molecule has 0 radical (unpaired) electrons. The highest BCUT2D eigenvalue weighted by Gasteiger charge is 2.01. The minimum Gasteiger partial charge on any atom is -0.392 e. The molecule has 0 aliphatic heterocycles. The molecule has 0 saturated heterocycles. The van der Waals surface area contributed by atoms with E-state index in [1.165, 1.54) is 4.90 Å². The normalized spacial score (nSPS) is 10.9. The summed E-state index contributed by atoms with van der Waals surface area (Å²) in [5.41, 5.74) is 0.943. The van der Waals surface area contributed by atoms with Crippen LogP contribution in [0.5, 0.6) is 0 Å². The summed E-state index contributed by atoms with van der Waals surface area (Å²) in [4.78, 5) is 1.25. The van der Waals surface area contributed by atoms with Crippen LogP contribution in [0.4, 0.5) is 0 Å². The maximum atomic E-state index is 8.99. The Morgan fingerprint density at radius 2 is 2.14 bits per heavy atom. The zero-order valence-electron chi connectivity index (χ0n) is 8.46. The van der Waals surface area contributed by atoms with Crippen LogP contribution in [0.1, 0.15) is 19.4 Å². The molecule has 0 spiro atoms. The van der Waals surface area contributed by atoms with E-state index >= 15 is 0 Å². The Balaban J connectivity index is 2.66. The van der Waals surface area contributed by atoms with Crippen molar-refractivity contribution < 1.29 is 5.11 Å². The highest BCUT2D eigenvalue weighted by molar-refractivity contribution is 9.10. The van der Waals surface area contributed by atoms with E-state index in [0.717, 1.165) is 15.8 Å². The third kappa shape index (κ3) is 3.64. The van der Waals surface area contributed by atoms with Crippen molar-refractivity contribution in [3.8, 4) is 0 Å². The number of halogens is 1. The highest BCUT2D eigenvalue weighted by atomic mass is 79.9. The molecule has 1 rings (SSSR count). The van der Waals surface area contributed by atoms with Crippen molar-refractivity contribution in [2.75, 3.05) is 5.75 Å². The minimum atomic E-state index is 0.0930. The zero-order chi connectivity index (χ0) is 10.6. The second kappa shape index (κ2) is 5.79. The van der Waals surface area contributed by atoms with Gasteiger partial charge in [0.15, 0.2) is 0 Å². The summed E-state index contributed by atoms with van der Waals surface area (Å²) in [6.07, 6.45) is 0. The van der Waals surface area contributed by atoms with Gasteiger partial charge in [0.2, 0.25) is 0 Å². The van der Waals surface area contributed by atoms with Crippen LogP contribution in [0.2, 0.25) is 0 Å². The topological polar surface area (TPSA) is 20.2 Å². The van der Waals surface area contributed by atoms with Gasteiger partial charge in [-0.3, -0.25) is 0 Å². The average Bonchev–Trinajstić information content (AvgIpc) is 2.15. The van der Waals surface area contributed by atoms with Gasteiger partial charge in [-0.05, 0) is 23.6 Å². The molecular weight excluding hydrogens is 260 g/mol. The molecule has 1 N–H and O–H groups in total. The molecule has 0 saturated carbocycles. The van der Waals surface area contributed by atoms with E-state index < -0.39 is 0 Å². The number of benzene rings is 1. The fraction of sp³-hybridized carbons (Fsp3) is 0.455. The first kappa shape index (κ1) is 12.1. The first-order valence-electron chi connectivity index (χ1n) is 4.65. The summed E-state index contributed by atoms with van der Waals surface area (Å²) in [7, 11) is 0. The number of hydrogen-bond acceptors (Lipinski definition) is 2. The van der Waals surface area contributed by atoms with Crippen LogP contribution in [-0.4, -0.2) is 10.9 Å². The van der Waals surface area contributed by atoms with E-state index in [0.29, 0.717) is 5.92 Å². The average molecular weight is 275 g/mol. The van der Waals surface area contributed by atoms with Crippen molar-refractivity contribution in [3.63, 3.8) is 0 Å². The maximum absolute atomic E-state index is 8.99. The minimum absolute atomic E-state index is 0.0930. The molecule has 78 valence electrons. The molecule has 0 unspecified atom stereocenters. The number of aliphatic hydroxyl groups is 1. The van der Waals surface area contributed by atoms with Crippen molar-refractivity contribution in [1.82, 2.24) is 0 Å². The van der Waals surface area contributed by atoms with Crippen molar-refractivity contribution in [1.29, 1.82) is 0 Å². The molecule has 1 nitrogen and oxygen atoms in total. The number of thioether (sulfide) groups is 1. The molecular formula is C11H15BrOS. The monoisotopic (exact) mass is 274 g/mol. The Labute approximate surface area is 98.0 Å². The van der Waals surface area contributed by atoms with Crippen LogP contribution in [0.15, 0.2) is 27.6 Å². The second-order valence-corrected chi connectivity index (χ2v) is 5.56. The van der Waals surface area contributed by atoms with Crippen molar-refractivity contribution in [2.24, 2.45) is 5.92 Å². The predicted octanol–water partition coefficient (Wildman–Crippen LogP) is 3.69. The van der Waals surface area contributed by atoms with Crippen LogP contribution >= 0.6 is 27.7 Å². The van der Waals surface area contributed by atoms with Gasteiger partial charge in [-0.2, -0.15) is 0 Å². The van der Waals surface area contributed by atoms with Gasteiger partial charge in [0.1, 0.15) is 0 Å². The first-order valence-corrected chi connectivity index (χ1v) is 6.43. The summed E-state index contributed by atoms with van der Waals surface area (Å²) in [5.74, 6) is 1.83. The summed E-state index contributed by atoms with van der Waals surface area (Å²) < 4.78 is 0.994. The van der Waals surface area contributed by atoms with Crippen LogP contribution < -0.4 is 0 Å². The molecule has 0 aliphatic carbocycles. The molecule has 0 fully saturated rings. The predicted molar refractivity (Wildman–Crippen MR) is 65.6 cm³/mol. The Kier molecular flexibility index (Phi) is 4.99. The van der Waals surface area contributed by atoms with Gasteiger partial charge in [-0.15, -0.1) is 11.8 Å². The molecule has 0 atom stereocenters. The lowest BCUT2D eigenvalue weighted by Gasteiger charge is -2.06. The van der Waals surface area contributed by atoms with E-state index in [4.69, 9.17) is 5.11 Å². The van der Waals surface area contributed by atoms with E-state index in [1.54, 1.807) is 0 Å². The summed E-state index contributed by atoms with van der Waals surface area (Å²) >= 11 is 5.29. The molecule has 0 heterocycles. The van der Waals surface area contributed by atoms with Crippen LogP contribution in [-0.2, 0) is 6.61 Å². The fourth-order valence-corrected chi connectivity index (χ4v) is 2.56. The first-order chi connectivity index (χ1) is 6.63. The SMILES string of the molecule is CC(C)CSc1ccc(CO)c(Br)c1. The smallest absolute Gasteiger partial charge is 0.0692 e. The third-order valence-corrected chi connectivity index (χ3v) is 3.94. The van der Waals surface area contributed by atoms with Crippen LogP contribution in [0.3, 0.4) is 0 Å². The Morgan fingerprint density at radius 3 is 2.64 bits per heavy atom. The van der Waals surface area contributed by atoms with Gasteiger partial charge in [0, 0.05) is 15.1 Å². The van der Waals surface area contributed by atoms with Crippen LogP contribution in [0, 0.1) is 5.92 Å². The molecule has 0 bridgehead atoms. The number of rotatable bonds is 4. The fourth-order valence-electron chi connectivity index (χ4n) is 1.01. The van der Waals surface area contributed by atoms with Gasteiger partial charge < -0.3 is 5.11 Å². The van der Waals surface area contributed by atoms with Crippen molar-refractivity contribution in [3.05, 3.63) is 28.2 Å². The standard InChI is InChI=1S/C11H15BrOS/c1-8(2)7-14-10-4-3-9(6-13)11(12)5-10/h3-5,8,13H,6-7H2,1-2H3. The lowest BCUT2D eigenvalue weighted by Crippen LogP contribution is -1.91. The summed E-state index contributed by atoms with van der Waals surface area (Å²) in [5, 5.41) is 8.99. The van der Waals surface area contributed by atoms with E-state index in [9.17, 15) is 0 Å². The number of hydrogen-bond donors (Lipinski definition) is 1. The van der Waals surface area contributed by atoms with Gasteiger partial charge in [-0.25, -0.2) is 0 Å². The molecule has 0 aliphatic rings. The number of aliphatic hydroxyl groups excluding tert-OH is 1. The Hall–Kier alpha value is 0.01000. The Bertz CT molecular complexity index is 299. The molecule has 14 heavy (non-hydrogen) atoms. The van der Waals surface area contributed by atoms with Crippen LogP contribution in [0.25, 0.3) is 0 Å². The zero-order valence-corrected chi connectivity index (χ0v) is 10.9. The molecule has 0 aromatic heterocycles. The summed E-state index contributed by atoms with van der Waals surface area (Å²) in [6, 6.07) is 6.09. The van der Waals surface area contributed by atoms with Crippen molar-refractivity contribution in [2.45, 2.75) is 25.3 Å². The van der Waals surface area contributed by atoms with Gasteiger partial charge >= 0.3 is 0 Å². The molecule has 1 aromatic carbocycles. The molecule has 3 heteroatoms. The van der Waals surface area contributed by atoms with Gasteiger partial charge in [0.25, 0.3) is 0 Å². The highest BCUT2D eigenvalue weighted by Crippen LogP contribution is 2.26. The second-order valence-electron chi connectivity index (χ2n) is 3.62. The van der Waals surface area contributed by atoms with E-state index in [2.05, 4.69) is 41.9 Å². The lowest BCUT2D eigenvalue weighted by atomic mass is 10.2. The lowest BCUT2D eigenvalue weighted by molar-refractivity contribution is 0.281. The van der Waals surface area contributed by atoms with Crippen molar-refractivity contribution >= 4 is 27.7 Å². The van der Waals surface area contributed by atoms with Gasteiger partial charge in [-0.1, -0.05) is 35.8 Å². The third-order valence-electron chi connectivity index (χ3n) is 1.78. The van der Waals surface area contributed by atoms with E-state index in [1.807, 2.05) is 17.8 Å². The Morgan fingerprint density at radius 1 is 1.43 bits per heavy atom. The molecule has 0 amide bonds. The molecule has 1 aromatic rings. The van der Waals surface area contributed by atoms with Gasteiger partial charge in [0.05, 0.1) is 6.61 Å². The largest absolute Gasteiger partial charge is 0.392 e. The maximum Gasteiger partial charge on any atom is 0.0692 e.